The zero-order valence-electron chi connectivity index (χ0n) is 11.5. The van der Waals surface area contributed by atoms with Gasteiger partial charge in [0, 0.05) is 12.6 Å². The van der Waals surface area contributed by atoms with Gasteiger partial charge in [0.15, 0.2) is 0 Å². The molecule has 1 aliphatic carbocycles. The first-order valence-corrected chi connectivity index (χ1v) is 7.01. The smallest absolute Gasteiger partial charge is 0.0727 e. The van der Waals surface area contributed by atoms with Crippen LogP contribution in [0.4, 0.5) is 0 Å². The van der Waals surface area contributed by atoms with Gasteiger partial charge in [-0.15, -0.1) is 0 Å². The molecule has 0 saturated heterocycles. The molecule has 2 heteroatoms. The monoisotopic (exact) mass is 227 g/mol. The Bertz CT molecular complexity index is 184. The summed E-state index contributed by atoms with van der Waals surface area (Å²) in [5, 5.41) is 3.50. The van der Waals surface area contributed by atoms with E-state index in [0.717, 1.165) is 24.9 Å². The fourth-order valence-electron chi connectivity index (χ4n) is 3.22. The van der Waals surface area contributed by atoms with Crippen molar-refractivity contribution < 1.29 is 4.74 Å². The molecule has 1 fully saturated rings. The first-order chi connectivity index (χ1) is 7.72. The van der Waals surface area contributed by atoms with Crippen LogP contribution in [0, 0.1) is 11.8 Å². The van der Waals surface area contributed by atoms with Crippen LogP contribution >= 0.6 is 0 Å². The van der Waals surface area contributed by atoms with Crippen molar-refractivity contribution in [3.63, 3.8) is 0 Å². The first-order valence-electron chi connectivity index (χ1n) is 7.01. The van der Waals surface area contributed by atoms with Crippen molar-refractivity contribution in [1.29, 1.82) is 0 Å². The quantitative estimate of drug-likeness (QED) is 0.752. The largest absolute Gasteiger partial charge is 0.377 e. The van der Waals surface area contributed by atoms with Crippen molar-refractivity contribution in [2.24, 2.45) is 11.8 Å². The molecule has 0 amide bonds. The van der Waals surface area contributed by atoms with Gasteiger partial charge in [0.25, 0.3) is 0 Å². The van der Waals surface area contributed by atoms with Crippen molar-refractivity contribution in [3.05, 3.63) is 0 Å². The second kappa shape index (κ2) is 7.29. The molecule has 2 nitrogen and oxygen atoms in total. The number of likely N-dealkylation sites (N-methyl/N-ethyl adjacent to an activating group) is 1. The number of ether oxygens (including phenoxy) is 1. The number of nitrogens with one attached hydrogen (secondary N) is 1. The summed E-state index contributed by atoms with van der Waals surface area (Å²) in [7, 11) is 2.09. The van der Waals surface area contributed by atoms with Crippen molar-refractivity contribution in [2.45, 2.75) is 65.0 Å². The van der Waals surface area contributed by atoms with Gasteiger partial charge in [-0.1, -0.05) is 26.7 Å². The van der Waals surface area contributed by atoms with Crippen LogP contribution in [0.1, 0.15) is 52.9 Å². The van der Waals surface area contributed by atoms with E-state index in [1.807, 2.05) is 0 Å². The van der Waals surface area contributed by atoms with Crippen molar-refractivity contribution in [1.82, 2.24) is 5.32 Å². The molecule has 0 spiro atoms. The highest BCUT2D eigenvalue weighted by atomic mass is 16.5. The van der Waals surface area contributed by atoms with Gasteiger partial charge in [-0.25, -0.2) is 0 Å². The van der Waals surface area contributed by atoms with Crippen molar-refractivity contribution >= 4 is 0 Å². The van der Waals surface area contributed by atoms with Gasteiger partial charge >= 0.3 is 0 Å². The van der Waals surface area contributed by atoms with E-state index in [2.05, 4.69) is 33.1 Å². The molecule has 0 aromatic heterocycles. The zero-order valence-corrected chi connectivity index (χ0v) is 11.5. The Morgan fingerprint density at radius 2 is 2.06 bits per heavy atom. The molecule has 0 bridgehead atoms. The predicted octanol–water partition coefficient (Wildman–Crippen LogP) is 3.22. The van der Waals surface area contributed by atoms with E-state index in [-0.39, 0.29) is 0 Å². The van der Waals surface area contributed by atoms with E-state index < -0.39 is 0 Å². The Kier molecular flexibility index (Phi) is 6.37. The lowest BCUT2D eigenvalue weighted by atomic mass is 9.77. The average Bonchev–Trinajstić information content (AvgIpc) is 2.29. The van der Waals surface area contributed by atoms with Crippen LogP contribution in [0.3, 0.4) is 0 Å². The molecule has 96 valence electrons. The second-order valence-corrected chi connectivity index (χ2v) is 5.25. The molecule has 0 radical (unpaired) electrons. The van der Waals surface area contributed by atoms with Gasteiger partial charge in [0.2, 0.25) is 0 Å². The fourth-order valence-corrected chi connectivity index (χ4v) is 3.22. The second-order valence-electron chi connectivity index (χ2n) is 5.25. The van der Waals surface area contributed by atoms with Crippen molar-refractivity contribution in [2.75, 3.05) is 13.7 Å². The highest BCUT2D eigenvalue weighted by molar-refractivity contribution is 4.85. The van der Waals surface area contributed by atoms with E-state index in [4.69, 9.17) is 4.74 Å². The molecule has 0 heterocycles. The maximum absolute atomic E-state index is 5.87. The molecule has 4 unspecified atom stereocenters. The molecule has 1 aliphatic rings. The van der Waals surface area contributed by atoms with Crippen molar-refractivity contribution in [3.8, 4) is 0 Å². The molecule has 16 heavy (non-hydrogen) atoms. The summed E-state index contributed by atoms with van der Waals surface area (Å²) in [6.45, 7) is 7.55. The molecule has 0 aromatic rings. The Hall–Kier alpha value is -0.0800. The molecule has 1 N–H and O–H groups in total. The minimum Gasteiger partial charge on any atom is -0.377 e. The van der Waals surface area contributed by atoms with E-state index in [0.29, 0.717) is 12.1 Å². The summed E-state index contributed by atoms with van der Waals surface area (Å²) in [5.41, 5.74) is 0. The normalized spacial score (nSPS) is 30.0. The average molecular weight is 227 g/mol. The van der Waals surface area contributed by atoms with Crippen LogP contribution < -0.4 is 5.32 Å². The van der Waals surface area contributed by atoms with E-state index in [1.54, 1.807) is 0 Å². The first kappa shape index (κ1) is 14.0. The molecule has 0 aromatic carbocycles. The molecule has 0 aliphatic heterocycles. The van der Waals surface area contributed by atoms with Crippen LogP contribution in [0.2, 0.25) is 0 Å². The SMILES string of the molecule is CCOC(CC)C(NC)C1CCCC(C)C1. The van der Waals surface area contributed by atoms with E-state index in [1.165, 1.54) is 25.7 Å². The maximum atomic E-state index is 5.87. The topological polar surface area (TPSA) is 21.3 Å². The highest BCUT2D eigenvalue weighted by Crippen LogP contribution is 2.32. The highest BCUT2D eigenvalue weighted by Gasteiger charge is 2.30. The lowest BCUT2D eigenvalue weighted by Gasteiger charge is -2.37. The lowest BCUT2D eigenvalue weighted by Crippen LogP contribution is -2.46. The Morgan fingerprint density at radius 1 is 1.31 bits per heavy atom. The zero-order chi connectivity index (χ0) is 12.0. The summed E-state index contributed by atoms with van der Waals surface area (Å²) in [5.74, 6) is 1.71. The fraction of sp³-hybridized carbons (Fsp3) is 1.00. The molecule has 4 atom stereocenters. The minimum absolute atomic E-state index is 0.394. The van der Waals surface area contributed by atoms with Gasteiger partial charge < -0.3 is 10.1 Å². The van der Waals surface area contributed by atoms with Gasteiger partial charge in [-0.05, 0) is 45.1 Å². The summed E-state index contributed by atoms with van der Waals surface area (Å²) in [6, 6.07) is 0.549. The van der Waals surface area contributed by atoms with E-state index >= 15 is 0 Å². The lowest BCUT2D eigenvalue weighted by molar-refractivity contribution is 0.00834. The summed E-state index contributed by atoms with van der Waals surface area (Å²) < 4.78 is 5.87. The minimum atomic E-state index is 0.394. The van der Waals surface area contributed by atoms with Crippen LogP contribution in [-0.2, 0) is 4.74 Å². The van der Waals surface area contributed by atoms with Crippen LogP contribution in [0.15, 0.2) is 0 Å². The van der Waals surface area contributed by atoms with Gasteiger partial charge in [0.05, 0.1) is 6.10 Å². The van der Waals surface area contributed by atoms with Crippen LogP contribution in [0.25, 0.3) is 0 Å². The molecular weight excluding hydrogens is 198 g/mol. The summed E-state index contributed by atoms with van der Waals surface area (Å²) in [6.07, 6.45) is 7.06. The van der Waals surface area contributed by atoms with Gasteiger partial charge in [0.1, 0.15) is 0 Å². The Balaban J connectivity index is 2.56. The Labute approximate surface area is 101 Å². The van der Waals surface area contributed by atoms with Gasteiger partial charge in [-0.3, -0.25) is 0 Å². The third-order valence-electron chi connectivity index (χ3n) is 4.00. The number of hydrogen-bond donors (Lipinski definition) is 1. The van der Waals surface area contributed by atoms with E-state index in [9.17, 15) is 0 Å². The molecular formula is C14H29NO. The predicted molar refractivity (Wildman–Crippen MR) is 69.7 cm³/mol. The Morgan fingerprint density at radius 3 is 2.56 bits per heavy atom. The van der Waals surface area contributed by atoms with Crippen LogP contribution in [-0.4, -0.2) is 25.8 Å². The third kappa shape index (κ3) is 3.74. The summed E-state index contributed by atoms with van der Waals surface area (Å²) >= 11 is 0. The number of rotatable bonds is 6. The van der Waals surface area contributed by atoms with Crippen LogP contribution in [0.5, 0.6) is 0 Å². The van der Waals surface area contributed by atoms with Gasteiger partial charge in [-0.2, -0.15) is 0 Å². The number of hydrogen-bond acceptors (Lipinski definition) is 2. The third-order valence-corrected chi connectivity index (χ3v) is 4.00. The summed E-state index contributed by atoms with van der Waals surface area (Å²) in [4.78, 5) is 0. The molecule has 1 saturated carbocycles. The standard InChI is InChI=1S/C14H29NO/c1-5-13(16-6-2)14(15-4)12-9-7-8-11(3)10-12/h11-15H,5-10H2,1-4H3. The molecule has 1 rings (SSSR count). The maximum Gasteiger partial charge on any atom is 0.0727 e.